The van der Waals surface area contributed by atoms with Gasteiger partial charge in [0.25, 0.3) is 0 Å². The van der Waals surface area contributed by atoms with E-state index in [0.717, 1.165) is 5.56 Å². The zero-order valence-electron chi connectivity index (χ0n) is 14.8. The minimum absolute atomic E-state index is 0.544. The highest BCUT2D eigenvalue weighted by Gasteiger charge is 2.44. The standard InChI is InChI=1S/C23H24O2/c1-5-12-19-21(14-7-3)25-22(15-8-4)20(13-6-2)23(19,24)18-16-10-9-11-17-18/h5-17,24H,1,3H2,2,4H3/b13-6-,15-8-,19-12?,21-14+. The first-order valence-corrected chi connectivity index (χ1v) is 8.25. The van der Waals surface area contributed by atoms with E-state index in [1.54, 1.807) is 24.3 Å². The van der Waals surface area contributed by atoms with Crippen LogP contribution in [-0.2, 0) is 10.3 Å². The van der Waals surface area contributed by atoms with Gasteiger partial charge in [0.2, 0.25) is 0 Å². The van der Waals surface area contributed by atoms with E-state index in [1.165, 1.54) is 0 Å². The number of aliphatic hydroxyl groups is 1. The zero-order chi connectivity index (χ0) is 18.3. The second-order valence-corrected chi connectivity index (χ2v) is 5.54. The summed E-state index contributed by atoms with van der Waals surface area (Å²) in [6.45, 7) is 11.4. The number of ether oxygens (including phenoxy) is 1. The second kappa shape index (κ2) is 8.32. The average Bonchev–Trinajstić information content (AvgIpc) is 2.63. The van der Waals surface area contributed by atoms with Gasteiger partial charge in [-0.15, -0.1) is 0 Å². The summed E-state index contributed by atoms with van der Waals surface area (Å²) in [5.41, 5.74) is 0.698. The van der Waals surface area contributed by atoms with Crippen molar-refractivity contribution in [2.45, 2.75) is 19.4 Å². The van der Waals surface area contributed by atoms with E-state index in [-0.39, 0.29) is 0 Å². The number of allylic oxidation sites excluding steroid dienone is 7. The Kier molecular flexibility index (Phi) is 6.15. The van der Waals surface area contributed by atoms with Gasteiger partial charge in [-0.3, -0.25) is 0 Å². The summed E-state index contributed by atoms with van der Waals surface area (Å²) in [5, 5.41) is 11.9. The molecule has 1 aliphatic rings. The molecule has 0 bridgehead atoms. The average molecular weight is 332 g/mol. The van der Waals surface area contributed by atoms with E-state index in [2.05, 4.69) is 13.2 Å². The molecular weight excluding hydrogens is 308 g/mol. The van der Waals surface area contributed by atoms with Crippen LogP contribution < -0.4 is 0 Å². The largest absolute Gasteiger partial charge is 0.457 e. The fraction of sp³-hybridized carbons (Fsp3) is 0.130. The highest BCUT2D eigenvalue weighted by Crippen LogP contribution is 2.47. The van der Waals surface area contributed by atoms with Crippen molar-refractivity contribution < 1.29 is 9.84 Å². The normalized spacial score (nSPS) is 24.3. The Morgan fingerprint density at radius 2 is 1.60 bits per heavy atom. The molecule has 1 N–H and O–H groups in total. The fourth-order valence-electron chi connectivity index (χ4n) is 2.92. The molecule has 0 saturated heterocycles. The monoisotopic (exact) mass is 332 g/mol. The molecule has 2 heteroatoms. The van der Waals surface area contributed by atoms with E-state index in [0.29, 0.717) is 22.7 Å². The van der Waals surface area contributed by atoms with Gasteiger partial charge in [0.05, 0.1) is 0 Å². The van der Waals surface area contributed by atoms with Crippen LogP contribution in [0, 0.1) is 0 Å². The van der Waals surface area contributed by atoms with Crippen LogP contribution >= 0.6 is 0 Å². The van der Waals surface area contributed by atoms with Gasteiger partial charge in [0.1, 0.15) is 17.1 Å². The summed E-state index contributed by atoms with van der Waals surface area (Å²) >= 11 is 0. The van der Waals surface area contributed by atoms with E-state index in [1.807, 2.05) is 68.5 Å². The summed E-state index contributed by atoms with van der Waals surface area (Å²) < 4.78 is 6.07. The Morgan fingerprint density at radius 1 is 0.960 bits per heavy atom. The Morgan fingerprint density at radius 3 is 2.16 bits per heavy atom. The summed E-state index contributed by atoms with van der Waals surface area (Å²) in [6.07, 6.45) is 14.3. The van der Waals surface area contributed by atoms with Crippen molar-refractivity contribution in [3.05, 3.63) is 120 Å². The van der Waals surface area contributed by atoms with Crippen molar-refractivity contribution >= 4 is 0 Å². The van der Waals surface area contributed by atoms with Crippen molar-refractivity contribution in [1.29, 1.82) is 0 Å². The van der Waals surface area contributed by atoms with Crippen LogP contribution in [0.15, 0.2) is 115 Å². The molecule has 1 atom stereocenters. The summed E-state index contributed by atoms with van der Waals surface area (Å²) in [7, 11) is 0. The second-order valence-electron chi connectivity index (χ2n) is 5.54. The van der Waals surface area contributed by atoms with Gasteiger partial charge in [0.15, 0.2) is 0 Å². The molecule has 1 aromatic carbocycles. The molecule has 0 amide bonds. The van der Waals surface area contributed by atoms with Crippen LogP contribution in [0.4, 0.5) is 0 Å². The van der Waals surface area contributed by atoms with Gasteiger partial charge >= 0.3 is 0 Å². The molecule has 1 unspecified atom stereocenters. The van der Waals surface area contributed by atoms with Gasteiger partial charge in [-0.05, 0) is 31.6 Å². The Bertz CT molecular complexity index is 789. The van der Waals surface area contributed by atoms with Crippen LogP contribution in [0.2, 0.25) is 0 Å². The maximum Gasteiger partial charge on any atom is 0.147 e. The highest BCUT2D eigenvalue weighted by atomic mass is 16.5. The molecule has 0 radical (unpaired) electrons. The molecule has 0 fully saturated rings. The van der Waals surface area contributed by atoms with Gasteiger partial charge in [-0.1, -0.05) is 79.9 Å². The third-order valence-corrected chi connectivity index (χ3v) is 3.93. The van der Waals surface area contributed by atoms with Gasteiger partial charge < -0.3 is 9.84 Å². The third kappa shape index (κ3) is 3.49. The van der Waals surface area contributed by atoms with E-state index in [4.69, 9.17) is 4.74 Å². The number of hydrogen-bond donors (Lipinski definition) is 1. The quantitative estimate of drug-likeness (QED) is 0.772. The molecule has 25 heavy (non-hydrogen) atoms. The van der Waals surface area contributed by atoms with Gasteiger partial charge in [-0.25, -0.2) is 0 Å². The number of benzene rings is 1. The van der Waals surface area contributed by atoms with Gasteiger partial charge in [-0.2, -0.15) is 0 Å². The molecule has 0 aromatic heterocycles. The SMILES string of the molecule is C=CC=C1/C(=C\C=C)OC(/C=C\C)=C(/C=C\C)C1(O)c1ccccc1. The molecule has 1 heterocycles. The molecule has 2 nitrogen and oxygen atoms in total. The minimum atomic E-state index is -1.36. The third-order valence-electron chi connectivity index (χ3n) is 3.93. The molecule has 2 rings (SSSR count). The zero-order valence-corrected chi connectivity index (χ0v) is 14.8. The molecule has 1 aliphatic heterocycles. The molecule has 0 aliphatic carbocycles. The van der Waals surface area contributed by atoms with E-state index >= 15 is 0 Å². The fourth-order valence-corrected chi connectivity index (χ4v) is 2.92. The van der Waals surface area contributed by atoms with E-state index < -0.39 is 5.60 Å². The Hall–Kier alpha value is -2.84. The highest BCUT2D eigenvalue weighted by molar-refractivity contribution is 5.58. The number of rotatable bonds is 5. The Labute approximate surface area is 150 Å². The molecular formula is C23H24O2. The van der Waals surface area contributed by atoms with Crippen LogP contribution in [0.3, 0.4) is 0 Å². The first-order valence-electron chi connectivity index (χ1n) is 8.25. The van der Waals surface area contributed by atoms with Crippen molar-refractivity contribution in [2.24, 2.45) is 0 Å². The van der Waals surface area contributed by atoms with Crippen molar-refractivity contribution in [3.8, 4) is 0 Å². The molecule has 1 aromatic rings. The maximum absolute atomic E-state index is 11.9. The van der Waals surface area contributed by atoms with Crippen LogP contribution in [0.5, 0.6) is 0 Å². The lowest BCUT2D eigenvalue weighted by Crippen LogP contribution is -2.36. The molecule has 0 spiro atoms. The lowest BCUT2D eigenvalue weighted by atomic mass is 9.76. The van der Waals surface area contributed by atoms with Gasteiger partial charge in [0, 0.05) is 11.1 Å². The number of hydrogen-bond acceptors (Lipinski definition) is 2. The first kappa shape index (κ1) is 18.5. The maximum atomic E-state index is 11.9. The van der Waals surface area contributed by atoms with Crippen LogP contribution in [0.25, 0.3) is 0 Å². The Balaban J connectivity index is 2.92. The van der Waals surface area contributed by atoms with Crippen LogP contribution in [-0.4, -0.2) is 5.11 Å². The van der Waals surface area contributed by atoms with Crippen molar-refractivity contribution in [3.63, 3.8) is 0 Å². The predicted octanol–water partition coefficient (Wildman–Crippen LogP) is 5.49. The lowest BCUT2D eigenvalue weighted by Gasteiger charge is -2.38. The smallest absolute Gasteiger partial charge is 0.147 e. The summed E-state index contributed by atoms with van der Waals surface area (Å²) in [5.74, 6) is 1.14. The van der Waals surface area contributed by atoms with Crippen molar-refractivity contribution in [2.75, 3.05) is 0 Å². The van der Waals surface area contributed by atoms with E-state index in [9.17, 15) is 5.11 Å². The summed E-state index contributed by atoms with van der Waals surface area (Å²) in [6, 6.07) is 9.56. The van der Waals surface area contributed by atoms with Crippen LogP contribution in [0.1, 0.15) is 19.4 Å². The topological polar surface area (TPSA) is 29.5 Å². The minimum Gasteiger partial charge on any atom is -0.457 e. The first-order chi connectivity index (χ1) is 12.1. The lowest BCUT2D eigenvalue weighted by molar-refractivity contribution is 0.0934. The molecule has 0 saturated carbocycles. The van der Waals surface area contributed by atoms with Crippen molar-refractivity contribution in [1.82, 2.24) is 0 Å². The summed E-state index contributed by atoms with van der Waals surface area (Å²) in [4.78, 5) is 0. The molecule has 128 valence electrons. The predicted molar refractivity (Wildman–Crippen MR) is 105 cm³/mol.